The lowest BCUT2D eigenvalue weighted by Crippen LogP contribution is -2.04. The van der Waals surface area contributed by atoms with Gasteiger partial charge in [0.15, 0.2) is 5.78 Å². The summed E-state index contributed by atoms with van der Waals surface area (Å²) in [5, 5.41) is 0. The lowest BCUT2D eigenvalue weighted by molar-refractivity contribution is -0.137. The number of alkyl halides is 3. The highest BCUT2D eigenvalue weighted by Gasteiger charge is 2.29. The highest BCUT2D eigenvalue weighted by molar-refractivity contribution is 6.07. The van der Waals surface area contributed by atoms with E-state index in [1.165, 1.54) is 38.5 Å². The molecule has 24 heavy (non-hydrogen) atoms. The van der Waals surface area contributed by atoms with Crippen LogP contribution in [0.4, 0.5) is 13.2 Å². The van der Waals surface area contributed by atoms with Gasteiger partial charge >= 0.3 is 6.18 Å². The fraction of sp³-hybridized carbons (Fsp3) is 0.167. The average molecular weight is 336 g/mol. The molecule has 0 radical (unpaired) electrons. The summed E-state index contributed by atoms with van der Waals surface area (Å²) in [6.45, 7) is 0. The van der Waals surface area contributed by atoms with Crippen molar-refractivity contribution >= 4 is 11.9 Å². The van der Waals surface area contributed by atoms with Crippen molar-refractivity contribution in [2.45, 2.75) is 6.18 Å². The molecule has 6 heteroatoms. The molecular weight excluding hydrogens is 321 g/mol. The number of ketones is 1. The molecule has 0 aliphatic heterocycles. The van der Waals surface area contributed by atoms with E-state index in [0.29, 0.717) is 22.6 Å². The first-order valence-electron chi connectivity index (χ1n) is 6.96. The van der Waals surface area contributed by atoms with Crippen LogP contribution in [-0.4, -0.2) is 20.0 Å². The smallest absolute Gasteiger partial charge is 0.416 e. The maximum Gasteiger partial charge on any atom is 0.416 e. The fourth-order valence-corrected chi connectivity index (χ4v) is 2.00. The number of ether oxygens (including phenoxy) is 2. The lowest BCUT2D eigenvalue weighted by atomic mass is 10.1. The van der Waals surface area contributed by atoms with Crippen molar-refractivity contribution in [3.63, 3.8) is 0 Å². The van der Waals surface area contributed by atoms with E-state index in [-0.39, 0.29) is 5.78 Å². The van der Waals surface area contributed by atoms with Gasteiger partial charge in [-0.3, -0.25) is 4.79 Å². The minimum Gasteiger partial charge on any atom is -0.497 e. The quantitative estimate of drug-likeness (QED) is 0.590. The summed E-state index contributed by atoms with van der Waals surface area (Å²) < 4.78 is 47.7. The third kappa shape index (κ3) is 4.38. The first kappa shape index (κ1) is 17.6. The summed E-state index contributed by atoms with van der Waals surface area (Å²) in [5.74, 6) is 0.633. The summed E-state index contributed by atoms with van der Waals surface area (Å²) >= 11 is 0. The van der Waals surface area contributed by atoms with E-state index in [4.69, 9.17) is 9.47 Å². The first-order chi connectivity index (χ1) is 11.3. The first-order valence-corrected chi connectivity index (χ1v) is 6.96. The summed E-state index contributed by atoms with van der Waals surface area (Å²) in [4.78, 5) is 12.2. The van der Waals surface area contributed by atoms with E-state index in [2.05, 4.69) is 0 Å². The maximum atomic E-state index is 12.5. The molecule has 2 rings (SSSR count). The molecule has 0 aliphatic carbocycles. The van der Waals surface area contributed by atoms with E-state index < -0.39 is 11.7 Å². The maximum absolute atomic E-state index is 12.5. The topological polar surface area (TPSA) is 35.5 Å². The SMILES string of the molecule is COc1cc(OC)cc(C(=O)/C=C/c2ccc(C(F)(F)F)cc2)c1. The average Bonchev–Trinajstić information content (AvgIpc) is 2.58. The van der Waals surface area contributed by atoms with Gasteiger partial charge < -0.3 is 9.47 Å². The molecule has 3 nitrogen and oxygen atoms in total. The molecule has 126 valence electrons. The summed E-state index contributed by atoms with van der Waals surface area (Å²) in [5.41, 5.74) is 0.115. The largest absolute Gasteiger partial charge is 0.497 e. The van der Waals surface area contributed by atoms with Crippen molar-refractivity contribution in [2.75, 3.05) is 14.2 Å². The molecule has 0 heterocycles. The number of carbonyl (C=O) groups excluding carboxylic acids is 1. The van der Waals surface area contributed by atoms with Gasteiger partial charge in [0.05, 0.1) is 19.8 Å². The molecule has 0 N–H and O–H groups in total. The third-order valence-corrected chi connectivity index (χ3v) is 3.30. The molecule has 0 bridgehead atoms. The number of rotatable bonds is 5. The standard InChI is InChI=1S/C18H15F3O3/c1-23-15-9-13(10-16(11-15)24-2)17(22)8-5-12-3-6-14(7-4-12)18(19,20)21/h3-11H,1-2H3/b8-5+. The van der Waals surface area contributed by atoms with Crippen molar-refractivity contribution < 1.29 is 27.4 Å². The molecular formula is C18H15F3O3. The zero-order valence-electron chi connectivity index (χ0n) is 13.1. The minimum absolute atomic E-state index is 0.313. The van der Waals surface area contributed by atoms with Crippen molar-refractivity contribution in [3.05, 3.63) is 65.2 Å². The van der Waals surface area contributed by atoms with Crippen LogP contribution < -0.4 is 9.47 Å². The highest BCUT2D eigenvalue weighted by Crippen LogP contribution is 2.29. The Labute approximate surface area is 137 Å². The van der Waals surface area contributed by atoms with Gasteiger partial charge in [-0.25, -0.2) is 0 Å². The summed E-state index contributed by atoms with van der Waals surface area (Å²) in [7, 11) is 2.95. The molecule has 2 aromatic rings. The zero-order valence-corrected chi connectivity index (χ0v) is 13.1. The lowest BCUT2D eigenvalue weighted by Gasteiger charge is -2.07. The molecule has 0 atom stereocenters. The molecule has 0 saturated carbocycles. The second-order valence-corrected chi connectivity index (χ2v) is 4.92. The molecule has 0 unspecified atom stereocenters. The number of allylic oxidation sites excluding steroid dienone is 1. The van der Waals surface area contributed by atoms with Crippen molar-refractivity contribution in [2.24, 2.45) is 0 Å². The number of hydrogen-bond donors (Lipinski definition) is 0. The highest BCUT2D eigenvalue weighted by atomic mass is 19.4. The van der Waals surface area contributed by atoms with Crippen LogP contribution in [0.1, 0.15) is 21.5 Å². The Bertz CT molecular complexity index is 725. The van der Waals surface area contributed by atoms with E-state index in [1.807, 2.05) is 0 Å². The Balaban J connectivity index is 2.18. The second kappa shape index (κ2) is 7.21. The molecule has 0 amide bonds. The van der Waals surface area contributed by atoms with Crippen LogP contribution in [0.5, 0.6) is 11.5 Å². The Morgan fingerprint density at radius 3 is 1.96 bits per heavy atom. The van der Waals surface area contributed by atoms with E-state index in [0.717, 1.165) is 12.1 Å². The monoisotopic (exact) mass is 336 g/mol. The molecule has 0 aromatic heterocycles. The Hall–Kier alpha value is -2.76. The van der Waals surface area contributed by atoms with Crippen LogP contribution in [0.2, 0.25) is 0 Å². The van der Waals surface area contributed by atoms with Crippen molar-refractivity contribution in [1.29, 1.82) is 0 Å². The van der Waals surface area contributed by atoms with E-state index >= 15 is 0 Å². The van der Waals surface area contributed by atoms with Crippen LogP contribution in [-0.2, 0) is 6.18 Å². The predicted molar refractivity (Wildman–Crippen MR) is 84.4 cm³/mol. The second-order valence-electron chi connectivity index (χ2n) is 4.92. The van der Waals surface area contributed by atoms with Crippen LogP contribution in [0.15, 0.2) is 48.5 Å². The molecule has 0 spiro atoms. The van der Waals surface area contributed by atoms with Crippen molar-refractivity contribution in [1.82, 2.24) is 0 Å². The van der Waals surface area contributed by atoms with Crippen molar-refractivity contribution in [3.8, 4) is 11.5 Å². The van der Waals surface area contributed by atoms with E-state index in [9.17, 15) is 18.0 Å². The minimum atomic E-state index is -4.38. The van der Waals surface area contributed by atoms with Gasteiger partial charge in [0.25, 0.3) is 0 Å². The number of carbonyl (C=O) groups is 1. The van der Waals surface area contributed by atoms with Crippen LogP contribution in [0, 0.1) is 0 Å². The van der Waals surface area contributed by atoms with Crippen LogP contribution in [0.25, 0.3) is 6.08 Å². The summed E-state index contributed by atoms with van der Waals surface area (Å²) in [6.07, 6.45) is -1.64. The zero-order chi connectivity index (χ0) is 17.7. The van der Waals surface area contributed by atoms with Gasteiger partial charge in [-0.1, -0.05) is 18.2 Å². The van der Waals surface area contributed by atoms with Crippen LogP contribution in [0.3, 0.4) is 0 Å². The fourth-order valence-electron chi connectivity index (χ4n) is 2.00. The Kier molecular flexibility index (Phi) is 5.28. The molecule has 0 fully saturated rings. The molecule has 0 saturated heterocycles. The molecule has 0 aliphatic rings. The molecule has 2 aromatic carbocycles. The number of benzene rings is 2. The number of methoxy groups -OCH3 is 2. The normalized spacial score (nSPS) is 11.5. The number of halogens is 3. The summed E-state index contributed by atoms with van der Waals surface area (Å²) in [6, 6.07) is 9.30. The van der Waals surface area contributed by atoms with Gasteiger partial charge in [0.1, 0.15) is 11.5 Å². The van der Waals surface area contributed by atoms with Crippen LogP contribution >= 0.6 is 0 Å². The van der Waals surface area contributed by atoms with E-state index in [1.54, 1.807) is 18.2 Å². The Morgan fingerprint density at radius 1 is 0.958 bits per heavy atom. The van der Waals surface area contributed by atoms with Gasteiger partial charge in [-0.05, 0) is 35.9 Å². The number of hydrogen-bond acceptors (Lipinski definition) is 3. The van der Waals surface area contributed by atoms with Gasteiger partial charge in [0, 0.05) is 11.6 Å². The van der Waals surface area contributed by atoms with Gasteiger partial charge in [-0.2, -0.15) is 13.2 Å². The Morgan fingerprint density at radius 2 is 1.50 bits per heavy atom. The van der Waals surface area contributed by atoms with Gasteiger partial charge in [-0.15, -0.1) is 0 Å². The van der Waals surface area contributed by atoms with Gasteiger partial charge in [0.2, 0.25) is 0 Å². The predicted octanol–water partition coefficient (Wildman–Crippen LogP) is 4.62. The third-order valence-electron chi connectivity index (χ3n) is 3.30.